The van der Waals surface area contributed by atoms with Gasteiger partial charge in [0.1, 0.15) is 11.3 Å². The third-order valence-electron chi connectivity index (χ3n) is 4.31. The highest BCUT2D eigenvalue weighted by Crippen LogP contribution is 2.23. The molecule has 0 radical (unpaired) electrons. The largest absolute Gasteiger partial charge is 0.483 e. The SMILES string of the molecule is O=C(O)c1cc(Cl)ccc1OCC(=O)N(Cc1ccccc1)Cc1ccccc1. The van der Waals surface area contributed by atoms with Crippen LogP contribution in [-0.4, -0.2) is 28.5 Å². The van der Waals surface area contributed by atoms with Crippen molar-refractivity contribution in [2.75, 3.05) is 6.61 Å². The van der Waals surface area contributed by atoms with E-state index in [2.05, 4.69) is 0 Å². The summed E-state index contributed by atoms with van der Waals surface area (Å²) in [5, 5.41) is 9.61. The molecule has 0 aliphatic heterocycles. The highest BCUT2D eigenvalue weighted by atomic mass is 35.5. The van der Waals surface area contributed by atoms with Crippen molar-refractivity contribution >= 4 is 23.5 Å². The molecule has 0 aliphatic rings. The molecule has 5 nitrogen and oxygen atoms in total. The summed E-state index contributed by atoms with van der Waals surface area (Å²) in [6, 6.07) is 23.6. The maximum atomic E-state index is 12.9. The number of carbonyl (C=O) groups is 2. The molecule has 1 N–H and O–H groups in total. The fourth-order valence-corrected chi connectivity index (χ4v) is 3.04. The minimum absolute atomic E-state index is 0.0806. The van der Waals surface area contributed by atoms with Gasteiger partial charge in [0.2, 0.25) is 0 Å². The predicted molar refractivity (Wildman–Crippen MR) is 111 cm³/mol. The lowest BCUT2D eigenvalue weighted by Crippen LogP contribution is -2.34. The van der Waals surface area contributed by atoms with Gasteiger partial charge in [-0.1, -0.05) is 72.3 Å². The van der Waals surface area contributed by atoms with Crippen LogP contribution < -0.4 is 4.74 Å². The first kappa shape index (κ1) is 20.4. The Morgan fingerprint density at radius 3 is 1.93 bits per heavy atom. The van der Waals surface area contributed by atoms with Crippen LogP contribution in [0.5, 0.6) is 5.75 Å². The Kier molecular flexibility index (Phi) is 6.87. The number of carboxylic acid groups (broad SMARTS) is 1. The standard InChI is InChI=1S/C23H20ClNO4/c24-19-11-12-21(20(13-19)23(27)28)29-16-22(26)25(14-17-7-3-1-4-8-17)15-18-9-5-2-6-10-18/h1-13H,14-16H2,(H,27,28). The van der Waals surface area contributed by atoms with E-state index >= 15 is 0 Å². The molecule has 0 aromatic heterocycles. The number of nitrogens with zero attached hydrogens (tertiary/aromatic N) is 1. The molecule has 148 valence electrons. The van der Waals surface area contributed by atoms with Gasteiger partial charge < -0.3 is 14.7 Å². The van der Waals surface area contributed by atoms with Gasteiger partial charge in [0.05, 0.1) is 0 Å². The van der Waals surface area contributed by atoms with Crippen LogP contribution in [0, 0.1) is 0 Å². The van der Waals surface area contributed by atoms with Crippen molar-refractivity contribution in [3.63, 3.8) is 0 Å². The van der Waals surface area contributed by atoms with E-state index in [9.17, 15) is 14.7 Å². The van der Waals surface area contributed by atoms with Gasteiger partial charge in [0, 0.05) is 18.1 Å². The number of carbonyl (C=O) groups excluding carboxylic acids is 1. The van der Waals surface area contributed by atoms with Crippen LogP contribution in [0.25, 0.3) is 0 Å². The quantitative estimate of drug-likeness (QED) is 0.588. The third kappa shape index (κ3) is 5.83. The summed E-state index contributed by atoms with van der Waals surface area (Å²) in [7, 11) is 0. The maximum Gasteiger partial charge on any atom is 0.339 e. The number of halogens is 1. The Morgan fingerprint density at radius 1 is 0.862 bits per heavy atom. The molecule has 0 atom stereocenters. The molecule has 29 heavy (non-hydrogen) atoms. The lowest BCUT2D eigenvalue weighted by molar-refractivity contribution is -0.134. The van der Waals surface area contributed by atoms with E-state index in [0.29, 0.717) is 13.1 Å². The van der Waals surface area contributed by atoms with E-state index < -0.39 is 5.97 Å². The molecule has 3 aromatic carbocycles. The highest BCUT2D eigenvalue weighted by molar-refractivity contribution is 6.31. The van der Waals surface area contributed by atoms with Gasteiger partial charge in [-0.15, -0.1) is 0 Å². The van der Waals surface area contributed by atoms with Crippen molar-refractivity contribution in [3.05, 3.63) is 101 Å². The van der Waals surface area contributed by atoms with Crippen LogP contribution in [0.3, 0.4) is 0 Å². The fourth-order valence-electron chi connectivity index (χ4n) is 2.87. The molecule has 6 heteroatoms. The van der Waals surface area contributed by atoms with Crippen molar-refractivity contribution in [2.24, 2.45) is 0 Å². The molecule has 0 aliphatic carbocycles. The molecule has 1 amide bonds. The molecule has 0 spiro atoms. The summed E-state index contributed by atoms with van der Waals surface area (Å²) in [4.78, 5) is 26.0. The molecule has 0 saturated carbocycles. The van der Waals surface area contributed by atoms with Gasteiger partial charge in [0.15, 0.2) is 6.61 Å². The Labute approximate surface area is 174 Å². The number of carboxylic acids is 1. The van der Waals surface area contributed by atoms with E-state index in [4.69, 9.17) is 16.3 Å². The lowest BCUT2D eigenvalue weighted by atomic mass is 10.1. The van der Waals surface area contributed by atoms with E-state index in [0.717, 1.165) is 11.1 Å². The molecule has 3 aromatic rings. The van der Waals surface area contributed by atoms with Gasteiger partial charge in [-0.3, -0.25) is 4.79 Å². The summed E-state index contributed by atoms with van der Waals surface area (Å²) in [6.07, 6.45) is 0. The fraction of sp³-hybridized carbons (Fsp3) is 0.130. The highest BCUT2D eigenvalue weighted by Gasteiger charge is 2.18. The molecule has 0 heterocycles. The first-order valence-corrected chi connectivity index (χ1v) is 9.42. The molecule has 3 rings (SSSR count). The normalized spacial score (nSPS) is 10.4. The Bertz CT molecular complexity index is 935. The number of aromatic carboxylic acids is 1. The zero-order chi connectivity index (χ0) is 20.6. The summed E-state index contributed by atoms with van der Waals surface area (Å²) in [6.45, 7) is 0.566. The topological polar surface area (TPSA) is 66.8 Å². The Morgan fingerprint density at radius 2 is 1.41 bits per heavy atom. The molecule has 0 unspecified atom stereocenters. The Balaban J connectivity index is 1.75. The number of rotatable bonds is 8. The molecule has 0 fully saturated rings. The van der Waals surface area contributed by atoms with Crippen LogP contribution in [0.1, 0.15) is 21.5 Å². The lowest BCUT2D eigenvalue weighted by Gasteiger charge is -2.23. The van der Waals surface area contributed by atoms with Gasteiger partial charge in [-0.25, -0.2) is 4.79 Å². The van der Waals surface area contributed by atoms with E-state index in [1.807, 2.05) is 60.7 Å². The zero-order valence-corrected chi connectivity index (χ0v) is 16.4. The van der Waals surface area contributed by atoms with Crippen LogP contribution >= 0.6 is 11.6 Å². The van der Waals surface area contributed by atoms with Crippen molar-refractivity contribution in [1.29, 1.82) is 0 Å². The van der Waals surface area contributed by atoms with E-state index in [1.54, 1.807) is 4.90 Å². The summed E-state index contributed by atoms with van der Waals surface area (Å²) in [5.41, 5.74) is 1.91. The predicted octanol–water partition coefficient (Wildman–Crippen LogP) is 4.65. The van der Waals surface area contributed by atoms with Gasteiger partial charge >= 0.3 is 5.97 Å². The second-order valence-electron chi connectivity index (χ2n) is 6.46. The van der Waals surface area contributed by atoms with Crippen LogP contribution in [0.15, 0.2) is 78.9 Å². The molecular formula is C23H20ClNO4. The Hall–Kier alpha value is -3.31. The smallest absolute Gasteiger partial charge is 0.339 e. The van der Waals surface area contributed by atoms with Gasteiger partial charge in [-0.2, -0.15) is 0 Å². The average molecular weight is 410 g/mol. The number of amides is 1. The van der Waals surface area contributed by atoms with E-state index in [-0.39, 0.29) is 28.8 Å². The number of hydrogen-bond acceptors (Lipinski definition) is 3. The van der Waals surface area contributed by atoms with Crippen molar-refractivity contribution < 1.29 is 19.4 Å². The first-order chi connectivity index (χ1) is 14.0. The number of ether oxygens (including phenoxy) is 1. The van der Waals surface area contributed by atoms with Gasteiger partial charge in [0.25, 0.3) is 5.91 Å². The summed E-state index contributed by atoms with van der Waals surface area (Å²) < 4.78 is 5.54. The third-order valence-corrected chi connectivity index (χ3v) is 4.54. The minimum atomic E-state index is -1.17. The zero-order valence-electron chi connectivity index (χ0n) is 15.6. The number of benzene rings is 3. The van der Waals surface area contributed by atoms with Crippen molar-refractivity contribution in [3.8, 4) is 5.75 Å². The maximum absolute atomic E-state index is 12.9. The van der Waals surface area contributed by atoms with Crippen LogP contribution in [0.2, 0.25) is 5.02 Å². The monoisotopic (exact) mass is 409 g/mol. The number of hydrogen-bond donors (Lipinski definition) is 1. The average Bonchev–Trinajstić information content (AvgIpc) is 2.73. The second kappa shape index (κ2) is 9.75. The first-order valence-electron chi connectivity index (χ1n) is 9.04. The van der Waals surface area contributed by atoms with Crippen LogP contribution in [-0.2, 0) is 17.9 Å². The van der Waals surface area contributed by atoms with Gasteiger partial charge in [-0.05, 0) is 29.3 Å². The molecule has 0 saturated heterocycles. The van der Waals surface area contributed by atoms with Crippen molar-refractivity contribution in [2.45, 2.75) is 13.1 Å². The summed E-state index contributed by atoms with van der Waals surface area (Å²) >= 11 is 5.86. The molecular weight excluding hydrogens is 390 g/mol. The summed E-state index contributed by atoms with van der Waals surface area (Å²) in [5.74, 6) is -1.31. The minimum Gasteiger partial charge on any atom is -0.483 e. The molecule has 0 bridgehead atoms. The second-order valence-corrected chi connectivity index (χ2v) is 6.89. The van der Waals surface area contributed by atoms with Crippen molar-refractivity contribution in [1.82, 2.24) is 4.90 Å². The van der Waals surface area contributed by atoms with E-state index in [1.165, 1.54) is 18.2 Å². The van der Waals surface area contributed by atoms with Crippen LogP contribution in [0.4, 0.5) is 0 Å².